The second-order valence-corrected chi connectivity index (χ2v) is 2.80. The minimum atomic E-state index is -0.842. The summed E-state index contributed by atoms with van der Waals surface area (Å²) in [6.07, 6.45) is 2.22. The summed E-state index contributed by atoms with van der Waals surface area (Å²) in [5, 5.41) is 16.4. The van der Waals surface area contributed by atoms with E-state index in [0.717, 1.165) is 0 Å². The Morgan fingerprint density at radius 3 is 2.77 bits per heavy atom. The van der Waals surface area contributed by atoms with Crippen molar-refractivity contribution in [3.05, 3.63) is 11.9 Å². The molecule has 0 aliphatic heterocycles. The second kappa shape index (κ2) is 4.02. The molecule has 0 fully saturated rings. The third-order valence-electron chi connectivity index (χ3n) is 1.94. The van der Waals surface area contributed by atoms with Crippen molar-refractivity contribution in [1.82, 2.24) is 15.0 Å². The first-order chi connectivity index (χ1) is 6.19. The summed E-state index contributed by atoms with van der Waals surface area (Å²) in [4.78, 5) is 10.8. The van der Waals surface area contributed by atoms with Crippen molar-refractivity contribution in [3.63, 3.8) is 0 Å². The highest BCUT2D eigenvalue weighted by atomic mass is 16.4. The molecular formula is C8H13N3O2. The number of carboxylic acids is 1. The summed E-state index contributed by atoms with van der Waals surface area (Å²) in [5.41, 5.74) is 0.539. The first-order valence-electron chi connectivity index (χ1n) is 4.31. The Kier molecular flexibility index (Phi) is 3.00. The van der Waals surface area contributed by atoms with Crippen LogP contribution in [-0.4, -0.2) is 26.1 Å². The maximum absolute atomic E-state index is 10.8. The zero-order chi connectivity index (χ0) is 9.84. The predicted octanol–water partition coefficient (Wildman–Crippen LogP) is 0.876. The quantitative estimate of drug-likeness (QED) is 0.752. The molecule has 0 amide bonds. The highest BCUT2D eigenvalue weighted by Crippen LogP contribution is 2.16. The zero-order valence-electron chi connectivity index (χ0n) is 7.77. The van der Waals surface area contributed by atoms with Crippen LogP contribution < -0.4 is 0 Å². The van der Waals surface area contributed by atoms with Crippen molar-refractivity contribution < 1.29 is 9.90 Å². The van der Waals surface area contributed by atoms with Gasteiger partial charge in [0.05, 0.1) is 5.69 Å². The molecule has 0 bridgehead atoms. The number of aryl methyl sites for hydroxylation is 1. The van der Waals surface area contributed by atoms with Crippen LogP contribution in [0.15, 0.2) is 6.20 Å². The van der Waals surface area contributed by atoms with Gasteiger partial charge in [-0.15, -0.1) is 5.10 Å². The van der Waals surface area contributed by atoms with E-state index in [-0.39, 0.29) is 0 Å². The summed E-state index contributed by atoms with van der Waals surface area (Å²) in [6, 6.07) is 0. The van der Waals surface area contributed by atoms with Crippen LogP contribution >= 0.6 is 0 Å². The van der Waals surface area contributed by atoms with E-state index < -0.39 is 11.9 Å². The van der Waals surface area contributed by atoms with Crippen molar-refractivity contribution in [1.29, 1.82) is 0 Å². The van der Waals surface area contributed by atoms with E-state index >= 15 is 0 Å². The highest BCUT2D eigenvalue weighted by Gasteiger charge is 2.20. The third-order valence-corrected chi connectivity index (χ3v) is 1.94. The smallest absolute Gasteiger partial charge is 0.312 e. The van der Waals surface area contributed by atoms with Crippen LogP contribution in [-0.2, 0) is 11.3 Å². The van der Waals surface area contributed by atoms with Gasteiger partial charge in [-0.05, 0) is 13.3 Å². The molecule has 1 aromatic heterocycles. The Morgan fingerprint density at radius 1 is 1.69 bits per heavy atom. The molecule has 0 spiro atoms. The lowest BCUT2D eigenvalue weighted by molar-refractivity contribution is -0.138. The number of aromatic nitrogens is 3. The number of hydrogen-bond donors (Lipinski definition) is 1. The first-order valence-corrected chi connectivity index (χ1v) is 4.31. The van der Waals surface area contributed by atoms with Crippen molar-refractivity contribution in [2.45, 2.75) is 32.7 Å². The summed E-state index contributed by atoms with van der Waals surface area (Å²) in [6.45, 7) is 4.47. The van der Waals surface area contributed by atoms with E-state index in [1.165, 1.54) is 0 Å². The van der Waals surface area contributed by atoms with E-state index in [1.807, 2.05) is 13.8 Å². The van der Waals surface area contributed by atoms with Crippen LogP contribution in [0.1, 0.15) is 31.9 Å². The first kappa shape index (κ1) is 9.70. The maximum atomic E-state index is 10.8. The van der Waals surface area contributed by atoms with E-state index in [2.05, 4.69) is 10.3 Å². The van der Waals surface area contributed by atoms with Crippen LogP contribution in [0, 0.1) is 0 Å². The average molecular weight is 183 g/mol. The molecule has 0 saturated heterocycles. The monoisotopic (exact) mass is 183 g/mol. The van der Waals surface area contributed by atoms with Gasteiger partial charge in [-0.25, -0.2) is 0 Å². The van der Waals surface area contributed by atoms with Crippen LogP contribution in [0.25, 0.3) is 0 Å². The van der Waals surface area contributed by atoms with Crippen LogP contribution in [0.4, 0.5) is 0 Å². The molecule has 0 aliphatic rings. The Balaban J connectivity index is 2.85. The van der Waals surface area contributed by atoms with Crippen molar-refractivity contribution in [3.8, 4) is 0 Å². The van der Waals surface area contributed by atoms with Gasteiger partial charge in [-0.1, -0.05) is 12.1 Å². The Labute approximate surface area is 76.4 Å². The van der Waals surface area contributed by atoms with Gasteiger partial charge in [0.15, 0.2) is 0 Å². The summed E-state index contributed by atoms with van der Waals surface area (Å²) in [5.74, 6) is -1.37. The van der Waals surface area contributed by atoms with Gasteiger partial charge in [0.25, 0.3) is 0 Å². The zero-order valence-corrected chi connectivity index (χ0v) is 7.77. The van der Waals surface area contributed by atoms with E-state index in [9.17, 15) is 4.79 Å². The average Bonchev–Trinajstić information content (AvgIpc) is 2.53. The van der Waals surface area contributed by atoms with Gasteiger partial charge in [-0.2, -0.15) is 0 Å². The van der Waals surface area contributed by atoms with E-state index in [0.29, 0.717) is 18.7 Å². The fourth-order valence-corrected chi connectivity index (χ4v) is 1.14. The SMILES string of the molecule is CCC(C(=O)O)c1cn(CC)nn1. The number of carbonyl (C=O) groups is 1. The highest BCUT2D eigenvalue weighted by molar-refractivity contribution is 5.75. The molecule has 0 radical (unpaired) electrons. The lowest BCUT2D eigenvalue weighted by Crippen LogP contribution is -2.10. The molecule has 72 valence electrons. The molecule has 0 aliphatic carbocycles. The van der Waals surface area contributed by atoms with Gasteiger partial charge >= 0.3 is 5.97 Å². The maximum Gasteiger partial charge on any atom is 0.312 e. The molecule has 0 saturated carbocycles. The van der Waals surface area contributed by atoms with Gasteiger partial charge in [-0.3, -0.25) is 9.48 Å². The van der Waals surface area contributed by atoms with Gasteiger partial charge < -0.3 is 5.11 Å². The Bertz CT molecular complexity index is 295. The molecule has 1 heterocycles. The molecule has 0 aromatic carbocycles. The molecule has 1 N–H and O–H groups in total. The summed E-state index contributed by atoms with van der Waals surface area (Å²) in [7, 11) is 0. The molecular weight excluding hydrogens is 170 g/mol. The van der Waals surface area contributed by atoms with Gasteiger partial charge in [0, 0.05) is 12.7 Å². The summed E-state index contributed by atoms with van der Waals surface area (Å²) >= 11 is 0. The summed E-state index contributed by atoms with van der Waals surface area (Å²) < 4.78 is 1.63. The van der Waals surface area contributed by atoms with Crippen LogP contribution in [0.5, 0.6) is 0 Å². The predicted molar refractivity (Wildman–Crippen MR) is 46.4 cm³/mol. The third kappa shape index (κ3) is 2.05. The fraction of sp³-hybridized carbons (Fsp3) is 0.625. The topological polar surface area (TPSA) is 68.0 Å². The lowest BCUT2D eigenvalue weighted by atomic mass is 10.0. The number of carboxylic acid groups (broad SMARTS) is 1. The van der Waals surface area contributed by atoms with Gasteiger partial charge in [0.2, 0.25) is 0 Å². The molecule has 1 unspecified atom stereocenters. The Morgan fingerprint density at radius 2 is 2.38 bits per heavy atom. The van der Waals surface area contributed by atoms with Crippen molar-refractivity contribution in [2.75, 3.05) is 0 Å². The molecule has 5 heteroatoms. The number of hydrogen-bond acceptors (Lipinski definition) is 3. The molecule has 1 atom stereocenters. The van der Waals surface area contributed by atoms with Crippen molar-refractivity contribution >= 4 is 5.97 Å². The van der Waals surface area contributed by atoms with E-state index in [4.69, 9.17) is 5.11 Å². The van der Waals surface area contributed by atoms with Crippen LogP contribution in [0.3, 0.4) is 0 Å². The molecule has 1 rings (SSSR count). The largest absolute Gasteiger partial charge is 0.481 e. The normalized spacial score (nSPS) is 12.8. The van der Waals surface area contributed by atoms with Gasteiger partial charge in [0.1, 0.15) is 5.92 Å². The van der Waals surface area contributed by atoms with Crippen molar-refractivity contribution in [2.24, 2.45) is 0 Å². The molecule has 13 heavy (non-hydrogen) atoms. The number of nitrogens with zero attached hydrogens (tertiary/aromatic N) is 3. The lowest BCUT2D eigenvalue weighted by Gasteiger charge is -2.03. The fourth-order valence-electron chi connectivity index (χ4n) is 1.14. The minimum absolute atomic E-state index is 0.528. The standard InChI is InChI=1S/C8H13N3O2/c1-3-6(8(12)13)7-5-11(4-2)10-9-7/h5-6H,3-4H2,1-2H3,(H,12,13). The molecule has 5 nitrogen and oxygen atoms in total. The number of aliphatic carboxylic acids is 1. The van der Waals surface area contributed by atoms with E-state index in [1.54, 1.807) is 10.9 Å². The second-order valence-electron chi connectivity index (χ2n) is 2.80. The van der Waals surface area contributed by atoms with Crippen LogP contribution in [0.2, 0.25) is 0 Å². The molecule has 1 aromatic rings. The number of rotatable bonds is 4. The minimum Gasteiger partial charge on any atom is -0.481 e. The Hall–Kier alpha value is -1.39.